The molecule has 1 aromatic rings. The molecule has 20 nitrogen and oxygen atoms in total. The first-order valence-corrected chi connectivity index (χ1v) is 12.3. The molecule has 0 amide bonds. The number of hydrogen-bond donors (Lipinski definition) is 7. The van der Waals surface area contributed by atoms with E-state index in [1.165, 1.54) is 0 Å². The van der Waals surface area contributed by atoms with Gasteiger partial charge in [0.1, 0.15) is 24.0 Å². The van der Waals surface area contributed by atoms with Gasteiger partial charge in [-0.15, -0.1) is 0 Å². The van der Waals surface area contributed by atoms with Crippen molar-refractivity contribution in [3.05, 3.63) is 37.5 Å². The average Bonchev–Trinajstić information content (AvgIpc) is 2.87. The maximum absolute atomic E-state index is 12.0. The number of aromatic amines is 1. The van der Waals surface area contributed by atoms with E-state index in [9.17, 15) is 38.4 Å². The molecule has 0 spiro atoms. The van der Waals surface area contributed by atoms with Crippen LogP contribution in [0.15, 0.2) is 20.9 Å². The highest BCUT2D eigenvalue weighted by molar-refractivity contribution is 7.66. The summed E-state index contributed by atoms with van der Waals surface area (Å²) in [6.07, 6.45) is -6.49. The number of aliphatic hydroxyl groups is 2. The third-order valence-electron chi connectivity index (χ3n) is 3.53. The molecule has 1 fully saturated rings. The van der Waals surface area contributed by atoms with E-state index in [2.05, 4.69) is 23.2 Å². The van der Waals surface area contributed by atoms with Crippen molar-refractivity contribution in [1.29, 1.82) is 0 Å². The summed E-state index contributed by atoms with van der Waals surface area (Å²) in [4.78, 5) is 63.0. The number of rotatable bonds is 9. The van der Waals surface area contributed by atoms with E-state index >= 15 is 0 Å². The second-order valence-corrected chi connectivity index (χ2v) is 10.2. The topological polar surface area (TPSA) is 313 Å². The zero-order valence-electron chi connectivity index (χ0n) is 15.1. The number of ether oxygens (including phenoxy) is 1. The molecular formula is C9H14N5O15P3. The number of nitrogens with one attached hydrogen (secondary N) is 1. The number of nitrogens with zero attached hydrogens (tertiary/aromatic N) is 4. The van der Waals surface area contributed by atoms with E-state index in [0.29, 0.717) is 10.8 Å². The van der Waals surface area contributed by atoms with Crippen LogP contribution in [0.5, 0.6) is 0 Å². The lowest BCUT2D eigenvalue weighted by Crippen LogP contribution is -2.37. The van der Waals surface area contributed by atoms with Crippen LogP contribution in [0, 0.1) is 0 Å². The van der Waals surface area contributed by atoms with E-state index in [-0.39, 0.29) is 0 Å². The summed E-state index contributed by atoms with van der Waals surface area (Å²) in [7, 11) is -16.9. The van der Waals surface area contributed by atoms with Crippen LogP contribution >= 0.6 is 23.5 Å². The average molecular weight is 525 g/mol. The monoisotopic (exact) mass is 525 g/mol. The van der Waals surface area contributed by atoms with Crippen molar-refractivity contribution in [2.45, 2.75) is 24.5 Å². The number of aromatic nitrogens is 2. The molecule has 1 aliphatic heterocycles. The summed E-state index contributed by atoms with van der Waals surface area (Å²) in [5.74, 6) is 0. The van der Waals surface area contributed by atoms with Gasteiger partial charge in [-0.05, 0) is 5.53 Å². The minimum Gasteiger partial charge on any atom is -0.387 e. The highest BCUT2D eigenvalue weighted by atomic mass is 31.3. The van der Waals surface area contributed by atoms with E-state index in [4.69, 9.17) is 24.9 Å². The SMILES string of the molecule is [N-]=[N+]=Nc1cn([C@H]2O[C@@H](COP(=O)(O)OP(=O)(O)OP(=O)(O)O)[C@H](O)[C@@H]2O)c(=O)[nH]c1=O. The third-order valence-corrected chi connectivity index (χ3v) is 7.33. The first-order chi connectivity index (χ1) is 14.6. The molecule has 0 radical (unpaired) electrons. The van der Waals surface area contributed by atoms with Crippen LogP contribution in [-0.4, -0.2) is 64.3 Å². The molecule has 0 aliphatic carbocycles. The molecule has 2 heterocycles. The summed E-state index contributed by atoms with van der Waals surface area (Å²) < 4.78 is 50.5. The van der Waals surface area contributed by atoms with Gasteiger partial charge in [0.25, 0.3) is 5.56 Å². The quantitative estimate of drug-likeness (QED) is 0.0829. The van der Waals surface area contributed by atoms with E-state index in [0.717, 1.165) is 0 Å². The smallest absolute Gasteiger partial charge is 0.387 e. The van der Waals surface area contributed by atoms with Crippen LogP contribution in [0.1, 0.15) is 6.23 Å². The summed E-state index contributed by atoms with van der Waals surface area (Å²) in [5, 5.41) is 23.1. The molecule has 1 saturated heterocycles. The molecule has 2 rings (SSSR count). The second-order valence-electron chi connectivity index (χ2n) is 5.80. The van der Waals surface area contributed by atoms with Crippen molar-refractivity contribution in [2.75, 3.05) is 6.61 Å². The van der Waals surface area contributed by atoms with Crippen LogP contribution in [0.2, 0.25) is 0 Å². The van der Waals surface area contributed by atoms with E-state index < -0.39 is 71.6 Å². The predicted molar refractivity (Wildman–Crippen MR) is 95.9 cm³/mol. The van der Waals surface area contributed by atoms with Gasteiger partial charge in [0, 0.05) is 11.1 Å². The van der Waals surface area contributed by atoms with Crippen molar-refractivity contribution in [1.82, 2.24) is 9.55 Å². The molecule has 32 heavy (non-hydrogen) atoms. The zero-order valence-corrected chi connectivity index (χ0v) is 17.8. The fourth-order valence-corrected chi connectivity index (χ4v) is 5.38. The normalized spacial score (nSPS) is 27.3. The first-order valence-electron chi connectivity index (χ1n) is 7.76. The Hall–Kier alpha value is -1.72. The number of phosphoric acid groups is 3. The second kappa shape index (κ2) is 9.64. The Bertz CT molecular complexity index is 1170. The fraction of sp³-hybridized carbons (Fsp3) is 0.556. The van der Waals surface area contributed by atoms with Gasteiger partial charge in [0.05, 0.1) is 6.61 Å². The minimum atomic E-state index is -5.78. The van der Waals surface area contributed by atoms with E-state index in [1.54, 1.807) is 4.98 Å². The number of phosphoric ester groups is 1. The molecule has 0 bridgehead atoms. The number of azide groups is 1. The lowest BCUT2D eigenvalue weighted by atomic mass is 10.1. The molecule has 6 atom stereocenters. The zero-order chi connectivity index (χ0) is 24.5. The Balaban J connectivity index is 2.15. The predicted octanol–water partition coefficient (Wildman–Crippen LogP) is -1.56. The van der Waals surface area contributed by atoms with Gasteiger partial charge in [-0.1, -0.05) is 5.11 Å². The lowest BCUT2D eigenvalue weighted by molar-refractivity contribution is -0.0541. The Morgan fingerprint density at radius 3 is 2.31 bits per heavy atom. The van der Waals surface area contributed by atoms with Gasteiger partial charge in [-0.2, -0.15) is 8.62 Å². The number of aliphatic hydroxyl groups excluding tert-OH is 2. The van der Waals surface area contributed by atoms with Crippen LogP contribution in [0.25, 0.3) is 10.4 Å². The van der Waals surface area contributed by atoms with Crippen LogP contribution in [0.4, 0.5) is 5.69 Å². The molecule has 2 unspecified atom stereocenters. The van der Waals surface area contributed by atoms with Crippen LogP contribution in [-0.2, 0) is 31.6 Å². The van der Waals surface area contributed by atoms with Gasteiger partial charge in [0.15, 0.2) is 6.23 Å². The summed E-state index contributed by atoms with van der Waals surface area (Å²) >= 11 is 0. The highest BCUT2D eigenvalue weighted by Crippen LogP contribution is 2.66. The maximum atomic E-state index is 12.0. The van der Waals surface area contributed by atoms with Gasteiger partial charge >= 0.3 is 29.2 Å². The van der Waals surface area contributed by atoms with Crippen LogP contribution in [0.3, 0.4) is 0 Å². The number of H-pyrrole nitrogens is 1. The molecule has 7 N–H and O–H groups in total. The summed E-state index contributed by atoms with van der Waals surface area (Å²) in [6, 6.07) is 0. The molecule has 0 aromatic carbocycles. The first kappa shape index (κ1) is 26.5. The largest absolute Gasteiger partial charge is 0.490 e. The van der Waals surface area contributed by atoms with Gasteiger partial charge in [-0.3, -0.25) is 18.9 Å². The Morgan fingerprint density at radius 2 is 1.75 bits per heavy atom. The highest BCUT2D eigenvalue weighted by Gasteiger charge is 2.46. The van der Waals surface area contributed by atoms with Gasteiger partial charge in [-0.25, -0.2) is 18.5 Å². The maximum Gasteiger partial charge on any atom is 0.490 e. The molecular weight excluding hydrogens is 511 g/mol. The van der Waals surface area contributed by atoms with Crippen LogP contribution < -0.4 is 11.2 Å². The van der Waals surface area contributed by atoms with Crippen molar-refractivity contribution < 1.29 is 61.4 Å². The van der Waals surface area contributed by atoms with Gasteiger partial charge in [0.2, 0.25) is 0 Å². The molecule has 180 valence electrons. The summed E-state index contributed by atoms with van der Waals surface area (Å²) in [6.45, 7) is -1.13. The Labute approximate surface area is 174 Å². The third kappa shape index (κ3) is 6.89. The standard InChI is InChI=1S/C9H14N5O15P3/c10-13-12-3-1-14(9(18)11-7(3)17)8-6(16)5(15)4(27-8)2-26-31(22,23)29-32(24,25)28-30(19,20)21/h1,4-6,8,15-16H,2H2,(H,22,23)(H,24,25)(H,11,17,18)(H2,19,20,21)/t4-,5-,6-,8-/m0/s1. The Morgan fingerprint density at radius 1 is 1.12 bits per heavy atom. The fourth-order valence-electron chi connectivity index (χ4n) is 2.35. The molecule has 23 heteroatoms. The number of hydrogen-bond acceptors (Lipinski definition) is 12. The van der Waals surface area contributed by atoms with Gasteiger partial charge < -0.3 is 34.5 Å². The van der Waals surface area contributed by atoms with E-state index in [1.807, 2.05) is 0 Å². The molecule has 0 saturated carbocycles. The molecule has 1 aliphatic rings. The van der Waals surface area contributed by atoms with Crippen molar-refractivity contribution in [3.8, 4) is 0 Å². The van der Waals surface area contributed by atoms with Crippen molar-refractivity contribution >= 4 is 29.2 Å². The van der Waals surface area contributed by atoms with Crippen molar-refractivity contribution in [2.24, 2.45) is 5.11 Å². The molecule has 1 aromatic heterocycles. The minimum absolute atomic E-state index is 0.532. The van der Waals surface area contributed by atoms with Crippen molar-refractivity contribution in [3.63, 3.8) is 0 Å². The Kier molecular flexibility index (Phi) is 7.99. The summed E-state index contributed by atoms with van der Waals surface area (Å²) in [5.41, 5.74) is 5.60. The lowest BCUT2D eigenvalue weighted by Gasteiger charge is -2.19.